The molecule has 19 heavy (non-hydrogen) atoms. The monoisotopic (exact) mass is 265 g/mol. The van der Waals surface area contributed by atoms with Gasteiger partial charge in [-0.1, -0.05) is 0 Å². The van der Waals surface area contributed by atoms with Crippen molar-refractivity contribution in [3.8, 4) is 0 Å². The van der Waals surface area contributed by atoms with Gasteiger partial charge in [-0.2, -0.15) is 0 Å². The summed E-state index contributed by atoms with van der Waals surface area (Å²) in [5.41, 5.74) is 0. The Hall–Kier alpha value is -1.29. The van der Waals surface area contributed by atoms with Crippen LogP contribution in [-0.4, -0.2) is 35.6 Å². The van der Waals surface area contributed by atoms with E-state index in [-0.39, 0.29) is 12.5 Å². The zero-order valence-corrected chi connectivity index (χ0v) is 11.8. The smallest absolute Gasteiger partial charge is 0.230 e. The fourth-order valence-corrected chi connectivity index (χ4v) is 2.77. The highest BCUT2D eigenvalue weighted by atomic mass is 16.3. The third kappa shape index (κ3) is 3.60. The third-order valence-electron chi connectivity index (χ3n) is 4.14. The van der Waals surface area contributed by atoms with Crippen molar-refractivity contribution in [3.63, 3.8) is 0 Å². The Bertz CT molecular complexity index is 419. The molecule has 0 unspecified atom stereocenters. The number of amides is 1. The minimum atomic E-state index is 0.113. The maximum Gasteiger partial charge on any atom is 0.230 e. The van der Waals surface area contributed by atoms with E-state index >= 15 is 0 Å². The van der Waals surface area contributed by atoms with E-state index in [0.29, 0.717) is 18.4 Å². The molecule has 1 saturated carbocycles. The predicted octanol–water partition coefficient (Wildman–Crippen LogP) is 2.14. The Balaban J connectivity index is 1.85. The van der Waals surface area contributed by atoms with Gasteiger partial charge in [0.1, 0.15) is 11.5 Å². The van der Waals surface area contributed by atoms with Crippen LogP contribution in [0.25, 0.3) is 0 Å². The summed E-state index contributed by atoms with van der Waals surface area (Å²) < 4.78 is 5.45. The van der Waals surface area contributed by atoms with Crippen molar-refractivity contribution < 1.29 is 14.3 Å². The van der Waals surface area contributed by atoms with Crippen molar-refractivity contribution in [2.75, 3.05) is 13.7 Å². The Kier molecular flexibility index (Phi) is 4.64. The highest BCUT2D eigenvalue weighted by Crippen LogP contribution is 2.27. The molecule has 0 aromatic carbocycles. The van der Waals surface area contributed by atoms with E-state index in [1.54, 1.807) is 0 Å². The molecular weight excluding hydrogens is 242 g/mol. The largest absolute Gasteiger partial charge is 0.466 e. The van der Waals surface area contributed by atoms with Gasteiger partial charge in [-0.3, -0.25) is 4.79 Å². The van der Waals surface area contributed by atoms with Crippen molar-refractivity contribution in [3.05, 3.63) is 23.7 Å². The van der Waals surface area contributed by atoms with Gasteiger partial charge >= 0.3 is 0 Å². The first-order chi connectivity index (χ1) is 9.10. The van der Waals surface area contributed by atoms with Gasteiger partial charge in [-0.05, 0) is 50.7 Å². The van der Waals surface area contributed by atoms with E-state index in [4.69, 9.17) is 9.52 Å². The van der Waals surface area contributed by atoms with Gasteiger partial charge in [-0.15, -0.1) is 0 Å². The zero-order valence-electron chi connectivity index (χ0n) is 11.8. The quantitative estimate of drug-likeness (QED) is 0.907. The van der Waals surface area contributed by atoms with Crippen LogP contribution in [0.3, 0.4) is 0 Å². The van der Waals surface area contributed by atoms with E-state index in [0.717, 1.165) is 37.2 Å². The number of carbonyl (C=O) groups excluding carboxylic acids is 1. The Morgan fingerprint density at radius 3 is 2.58 bits per heavy atom. The summed E-state index contributed by atoms with van der Waals surface area (Å²) in [5.74, 6) is 2.11. The number of furan rings is 1. The maximum atomic E-state index is 12.2. The van der Waals surface area contributed by atoms with Gasteiger partial charge in [0.05, 0.1) is 6.42 Å². The highest BCUT2D eigenvalue weighted by Gasteiger charge is 2.26. The van der Waals surface area contributed by atoms with Gasteiger partial charge < -0.3 is 14.4 Å². The maximum absolute atomic E-state index is 12.2. The normalized spacial score (nSPS) is 23.3. The van der Waals surface area contributed by atoms with Crippen molar-refractivity contribution >= 4 is 5.91 Å². The van der Waals surface area contributed by atoms with Gasteiger partial charge in [0.2, 0.25) is 5.91 Å². The number of likely N-dealkylation sites (N-methyl/N-ethyl adjacent to an activating group) is 1. The number of hydrogen-bond donors (Lipinski definition) is 1. The number of aryl methyl sites for hydroxylation is 1. The lowest BCUT2D eigenvalue weighted by Gasteiger charge is -2.34. The molecule has 0 spiro atoms. The van der Waals surface area contributed by atoms with E-state index < -0.39 is 0 Å². The molecule has 2 rings (SSSR count). The van der Waals surface area contributed by atoms with Crippen LogP contribution < -0.4 is 0 Å². The topological polar surface area (TPSA) is 53.7 Å². The minimum Gasteiger partial charge on any atom is -0.466 e. The molecule has 4 heteroatoms. The molecule has 106 valence electrons. The average molecular weight is 265 g/mol. The summed E-state index contributed by atoms with van der Waals surface area (Å²) in [6.45, 7) is 2.16. The Labute approximate surface area is 114 Å². The summed E-state index contributed by atoms with van der Waals surface area (Å²) in [7, 11) is 1.88. The van der Waals surface area contributed by atoms with Gasteiger partial charge in [0.15, 0.2) is 0 Å². The predicted molar refractivity (Wildman–Crippen MR) is 72.8 cm³/mol. The summed E-state index contributed by atoms with van der Waals surface area (Å²) in [5, 5.41) is 9.13. The average Bonchev–Trinajstić information content (AvgIpc) is 2.83. The van der Waals surface area contributed by atoms with Crippen molar-refractivity contribution in [1.29, 1.82) is 0 Å². The second kappa shape index (κ2) is 6.24. The molecular formula is C15H23NO3. The van der Waals surface area contributed by atoms with Gasteiger partial charge in [-0.25, -0.2) is 0 Å². The lowest BCUT2D eigenvalue weighted by atomic mass is 9.86. The van der Waals surface area contributed by atoms with Crippen LogP contribution in [0.1, 0.15) is 37.2 Å². The lowest BCUT2D eigenvalue weighted by Crippen LogP contribution is -2.40. The molecule has 1 aliphatic rings. The number of aliphatic hydroxyl groups excluding tert-OH is 1. The second-order valence-electron chi connectivity index (χ2n) is 5.55. The molecule has 1 amide bonds. The molecule has 1 fully saturated rings. The summed E-state index contributed by atoms with van der Waals surface area (Å²) >= 11 is 0. The fraction of sp³-hybridized carbons (Fsp3) is 0.667. The molecule has 0 atom stereocenters. The number of nitrogens with zero attached hydrogens (tertiary/aromatic N) is 1. The number of carbonyl (C=O) groups is 1. The van der Waals surface area contributed by atoms with Crippen LogP contribution in [0, 0.1) is 12.8 Å². The molecule has 1 aromatic heterocycles. The Morgan fingerprint density at radius 2 is 2.05 bits per heavy atom. The van der Waals surface area contributed by atoms with Gasteiger partial charge in [0.25, 0.3) is 0 Å². The van der Waals surface area contributed by atoms with E-state index in [2.05, 4.69) is 0 Å². The van der Waals surface area contributed by atoms with Crippen LogP contribution in [0.4, 0.5) is 0 Å². The molecule has 1 aliphatic carbocycles. The molecule has 4 nitrogen and oxygen atoms in total. The molecule has 0 radical (unpaired) electrons. The van der Waals surface area contributed by atoms with Crippen LogP contribution >= 0.6 is 0 Å². The Morgan fingerprint density at radius 1 is 1.37 bits per heavy atom. The number of rotatable bonds is 4. The molecule has 1 aromatic rings. The van der Waals surface area contributed by atoms with E-state index in [9.17, 15) is 4.79 Å². The lowest BCUT2D eigenvalue weighted by molar-refractivity contribution is -0.132. The van der Waals surface area contributed by atoms with Crippen LogP contribution in [0.15, 0.2) is 16.5 Å². The summed E-state index contributed by atoms with van der Waals surface area (Å²) in [6, 6.07) is 4.06. The minimum absolute atomic E-state index is 0.113. The van der Waals surface area contributed by atoms with Crippen molar-refractivity contribution in [2.45, 2.75) is 45.1 Å². The molecule has 0 saturated heterocycles. The molecule has 0 aliphatic heterocycles. The van der Waals surface area contributed by atoms with E-state index in [1.165, 1.54) is 0 Å². The molecule has 1 N–H and O–H groups in total. The first-order valence-corrected chi connectivity index (χ1v) is 7.02. The van der Waals surface area contributed by atoms with Gasteiger partial charge in [0, 0.05) is 19.7 Å². The number of hydrogen-bond acceptors (Lipinski definition) is 3. The first-order valence-electron chi connectivity index (χ1n) is 7.02. The van der Waals surface area contributed by atoms with Crippen LogP contribution in [-0.2, 0) is 11.2 Å². The molecule has 1 heterocycles. The summed E-state index contributed by atoms with van der Waals surface area (Å²) in [4.78, 5) is 14.0. The summed E-state index contributed by atoms with van der Waals surface area (Å²) in [6.07, 6.45) is 4.34. The molecule has 0 bridgehead atoms. The van der Waals surface area contributed by atoms with Crippen molar-refractivity contribution in [2.24, 2.45) is 5.92 Å². The third-order valence-corrected chi connectivity index (χ3v) is 4.14. The zero-order chi connectivity index (χ0) is 13.8. The van der Waals surface area contributed by atoms with Crippen LogP contribution in [0.2, 0.25) is 0 Å². The van der Waals surface area contributed by atoms with Crippen molar-refractivity contribution in [1.82, 2.24) is 4.90 Å². The SMILES string of the molecule is Cc1ccc(CC(=O)N(C)C2CCC(CO)CC2)o1. The fourth-order valence-electron chi connectivity index (χ4n) is 2.77. The first kappa shape index (κ1) is 14.1. The highest BCUT2D eigenvalue weighted by molar-refractivity contribution is 5.78. The van der Waals surface area contributed by atoms with Crippen LogP contribution in [0.5, 0.6) is 0 Å². The second-order valence-corrected chi connectivity index (χ2v) is 5.55. The number of aliphatic hydroxyl groups is 1. The van der Waals surface area contributed by atoms with E-state index in [1.807, 2.05) is 31.0 Å². The standard InChI is InChI=1S/C15H23NO3/c1-11-3-8-14(19-11)9-15(18)16(2)13-6-4-12(10-17)5-7-13/h3,8,12-13,17H,4-7,9-10H2,1-2H3.